The molecule has 118 valence electrons. The molecule has 0 saturated carbocycles. The minimum Gasteiger partial charge on any atom is -0.497 e. The molecule has 0 aliphatic carbocycles. The molecule has 3 aromatic rings. The van der Waals surface area contributed by atoms with Gasteiger partial charge >= 0.3 is 5.63 Å². The smallest absolute Gasteiger partial charge is 0.336 e. The molecule has 23 heavy (non-hydrogen) atoms. The first-order chi connectivity index (χ1) is 11.2. The van der Waals surface area contributed by atoms with E-state index < -0.39 is 0 Å². The minimum absolute atomic E-state index is 0.381. The Balaban J connectivity index is 1.91. The SMILES string of the molecule is COc1cccc(NCc2cc(=O)oc3cc(OC)ccc23)c1. The van der Waals surface area contributed by atoms with Gasteiger partial charge in [0.15, 0.2) is 0 Å². The first kappa shape index (κ1) is 15.0. The van der Waals surface area contributed by atoms with E-state index in [1.165, 1.54) is 6.07 Å². The molecule has 2 aromatic carbocycles. The molecular weight excluding hydrogens is 294 g/mol. The molecule has 1 aromatic heterocycles. The van der Waals surface area contributed by atoms with E-state index in [0.29, 0.717) is 17.9 Å². The molecule has 0 atom stereocenters. The van der Waals surface area contributed by atoms with Crippen LogP contribution in [0.4, 0.5) is 5.69 Å². The number of anilines is 1. The monoisotopic (exact) mass is 311 g/mol. The van der Waals surface area contributed by atoms with Crippen LogP contribution in [0.1, 0.15) is 5.56 Å². The van der Waals surface area contributed by atoms with Gasteiger partial charge in [-0.3, -0.25) is 0 Å². The van der Waals surface area contributed by atoms with Crippen molar-refractivity contribution in [3.05, 3.63) is 64.5 Å². The second-order valence-corrected chi connectivity index (χ2v) is 5.04. The van der Waals surface area contributed by atoms with Gasteiger partial charge in [-0.25, -0.2) is 4.79 Å². The van der Waals surface area contributed by atoms with Gasteiger partial charge in [0, 0.05) is 35.8 Å². The average molecular weight is 311 g/mol. The van der Waals surface area contributed by atoms with Crippen molar-refractivity contribution < 1.29 is 13.9 Å². The Kier molecular flexibility index (Phi) is 4.19. The summed E-state index contributed by atoms with van der Waals surface area (Å²) in [6.45, 7) is 0.502. The Labute approximate surface area is 133 Å². The fourth-order valence-corrected chi connectivity index (χ4v) is 2.41. The zero-order valence-corrected chi connectivity index (χ0v) is 13.0. The summed E-state index contributed by atoms with van der Waals surface area (Å²) >= 11 is 0. The highest BCUT2D eigenvalue weighted by atomic mass is 16.5. The number of benzene rings is 2. The molecule has 0 aliphatic heterocycles. The van der Waals surface area contributed by atoms with Crippen molar-refractivity contribution in [2.75, 3.05) is 19.5 Å². The fourth-order valence-electron chi connectivity index (χ4n) is 2.41. The number of nitrogens with one attached hydrogen (secondary N) is 1. The third-order valence-corrected chi connectivity index (χ3v) is 3.59. The molecule has 3 rings (SSSR count). The average Bonchev–Trinajstić information content (AvgIpc) is 2.59. The summed E-state index contributed by atoms with van der Waals surface area (Å²) in [5.74, 6) is 1.43. The summed E-state index contributed by atoms with van der Waals surface area (Å²) in [6.07, 6.45) is 0. The van der Waals surface area contributed by atoms with E-state index in [-0.39, 0.29) is 5.63 Å². The molecule has 0 bridgehead atoms. The Morgan fingerprint density at radius 1 is 1.00 bits per heavy atom. The molecule has 0 spiro atoms. The molecule has 1 N–H and O–H groups in total. The van der Waals surface area contributed by atoms with Gasteiger partial charge in [-0.2, -0.15) is 0 Å². The van der Waals surface area contributed by atoms with Crippen LogP contribution in [0.25, 0.3) is 11.0 Å². The normalized spacial score (nSPS) is 10.5. The molecular formula is C18H17NO4. The fraction of sp³-hybridized carbons (Fsp3) is 0.167. The van der Waals surface area contributed by atoms with Crippen LogP contribution in [0.3, 0.4) is 0 Å². The van der Waals surface area contributed by atoms with E-state index in [9.17, 15) is 4.79 Å². The van der Waals surface area contributed by atoms with Crippen molar-refractivity contribution in [2.24, 2.45) is 0 Å². The van der Waals surface area contributed by atoms with E-state index in [4.69, 9.17) is 13.9 Å². The number of fused-ring (bicyclic) bond motifs is 1. The predicted octanol–water partition coefficient (Wildman–Crippen LogP) is 3.42. The molecule has 0 unspecified atom stereocenters. The van der Waals surface area contributed by atoms with Crippen LogP contribution in [0.15, 0.2) is 57.7 Å². The Morgan fingerprint density at radius 2 is 1.78 bits per heavy atom. The van der Waals surface area contributed by atoms with Crippen LogP contribution in [0, 0.1) is 0 Å². The molecule has 0 radical (unpaired) electrons. The third kappa shape index (κ3) is 3.29. The van der Waals surface area contributed by atoms with E-state index in [0.717, 1.165) is 22.4 Å². The lowest BCUT2D eigenvalue weighted by molar-refractivity contribution is 0.414. The lowest BCUT2D eigenvalue weighted by atomic mass is 10.1. The first-order valence-electron chi connectivity index (χ1n) is 7.18. The zero-order valence-electron chi connectivity index (χ0n) is 13.0. The standard InChI is InChI=1S/C18H17NO4/c1-21-14-5-3-4-13(9-14)19-11-12-8-18(20)23-17-10-15(22-2)6-7-16(12)17/h3-10,19H,11H2,1-2H3. The largest absolute Gasteiger partial charge is 0.497 e. The van der Waals surface area contributed by atoms with Gasteiger partial charge in [0.05, 0.1) is 14.2 Å². The van der Waals surface area contributed by atoms with Crippen molar-refractivity contribution in [3.63, 3.8) is 0 Å². The van der Waals surface area contributed by atoms with Crippen molar-refractivity contribution >= 4 is 16.7 Å². The van der Waals surface area contributed by atoms with E-state index in [2.05, 4.69) is 5.32 Å². The highest BCUT2D eigenvalue weighted by Gasteiger charge is 2.07. The lowest BCUT2D eigenvalue weighted by Gasteiger charge is -2.10. The highest BCUT2D eigenvalue weighted by Crippen LogP contribution is 2.24. The maximum atomic E-state index is 11.8. The summed E-state index contributed by atoms with van der Waals surface area (Å²) in [4.78, 5) is 11.8. The first-order valence-corrected chi connectivity index (χ1v) is 7.18. The van der Waals surface area contributed by atoms with Crippen molar-refractivity contribution in [1.82, 2.24) is 0 Å². The second-order valence-electron chi connectivity index (χ2n) is 5.04. The molecule has 1 heterocycles. The van der Waals surface area contributed by atoms with Crippen molar-refractivity contribution in [2.45, 2.75) is 6.54 Å². The van der Waals surface area contributed by atoms with Gasteiger partial charge in [-0.1, -0.05) is 6.07 Å². The highest BCUT2D eigenvalue weighted by molar-refractivity contribution is 5.81. The number of rotatable bonds is 5. The molecule has 0 fully saturated rings. The van der Waals surface area contributed by atoms with Gasteiger partial charge in [-0.05, 0) is 29.8 Å². The van der Waals surface area contributed by atoms with Crippen LogP contribution < -0.4 is 20.4 Å². The van der Waals surface area contributed by atoms with Crippen molar-refractivity contribution in [3.8, 4) is 11.5 Å². The maximum Gasteiger partial charge on any atom is 0.336 e. The Hall–Kier alpha value is -2.95. The molecule has 0 amide bonds. The Bertz CT molecular complexity index is 886. The minimum atomic E-state index is -0.381. The van der Waals surface area contributed by atoms with Crippen LogP contribution in [-0.4, -0.2) is 14.2 Å². The number of ether oxygens (including phenoxy) is 2. The van der Waals surface area contributed by atoms with E-state index >= 15 is 0 Å². The molecule has 5 heteroatoms. The Morgan fingerprint density at radius 3 is 2.57 bits per heavy atom. The second kappa shape index (κ2) is 6.44. The van der Waals surface area contributed by atoms with Crippen LogP contribution in [-0.2, 0) is 6.54 Å². The molecule has 0 aliphatic rings. The van der Waals surface area contributed by atoms with Gasteiger partial charge in [-0.15, -0.1) is 0 Å². The number of methoxy groups -OCH3 is 2. The molecule has 0 saturated heterocycles. The summed E-state index contributed by atoms with van der Waals surface area (Å²) < 4.78 is 15.6. The van der Waals surface area contributed by atoms with Gasteiger partial charge in [0.25, 0.3) is 0 Å². The van der Waals surface area contributed by atoms with Gasteiger partial charge in [0.2, 0.25) is 0 Å². The summed E-state index contributed by atoms with van der Waals surface area (Å²) in [6, 6.07) is 14.6. The van der Waals surface area contributed by atoms with Gasteiger partial charge < -0.3 is 19.2 Å². The quantitative estimate of drug-likeness (QED) is 0.732. The summed E-state index contributed by atoms with van der Waals surface area (Å²) in [5, 5.41) is 4.17. The van der Waals surface area contributed by atoms with E-state index in [1.807, 2.05) is 36.4 Å². The van der Waals surface area contributed by atoms with Gasteiger partial charge in [0.1, 0.15) is 17.1 Å². The number of hydrogen-bond acceptors (Lipinski definition) is 5. The molecule has 5 nitrogen and oxygen atoms in total. The van der Waals surface area contributed by atoms with Crippen LogP contribution >= 0.6 is 0 Å². The topological polar surface area (TPSA) is 60.7 Å². The maximum absolute atomic E-state index is 11.8. The van der Waals surface area contributed by atoms with Crippen LogP contribution in [0.5, 0.6) is 11.5 Å². The van der Waals surface area contributed by atoms with E-state index in [1.54, 1.807) is 20.3 Å². The van der Waals surface area contributed by atoms with Crippen LogP contribution in [0.2, 0.25) is 0 Å². The number of hydrogen-bond donors (Lipinski definition) is 1. The zero-order chi connectivity index (χ0) is 16.2. The third-order valence-electron chi connectivity index (χ3n) is 3.59. The van der Waals surface area contributed by atoms with Crippen molar-refractivity contribution in [1.29, 1.82) is 0 Å². The predicted molar refractivity (Wildman–Crippen MR) is 89.4 cm³/mol. The lowest BCUT2D eigenvalue weighted by Crippen LogP contribution is -2.06. The summed E-state index contributed by atoms with van der Waals surface area (Å²) in [7, 11) is 3.20. The summed E-state index contributed by atoms with van der Waals surface area (Å²) in [5.41, 5.74) is 1.91.